The van der Waals surface area contributed by atoms with Crippen LogP contribution in [0.1, 0.15) is 12.8 Å². The fraction of sp³-hybridized carbons (Fsp3) is 1.00. The summed E-state index contributed by atoms with van der Waals surface area (Å²) in [5.41, 5.74) is 0. The van der Waals surface area contributed by atoms with Gasteiger partial charge in [-0.05, 0) is 0 Å². The second-order valence-electron chi connectivity index (χ2n) is 2.02. The standard InChI is InChI=1S/C5H10S2Se/c6-4-1-2-5(7)8-3-4/h4-7H,1-3H2. The Morgan fingerprint density at radius 2 is 2.00 bits per heavy atom. The van der Waals surface area contributed by atoms with Gasteiger partial charge in [-0.15, -0.1) is 0 Å². The van der Waals surface area contributed by atoms with Gasteiger partial charge in [-0.1, -0.05) is 0 Å². The van der Waals surface area contributed by atoms with Crippen LogP contribution in [-0.2, 0) is 0 Å². The third kappa shape index (κ3) is 2.22. The summed E-state index contributed by atoms with van der Waals surface area (Å²) < 4.78 is 0.728. The van der Waals surface area contributed by atoms with E-state index < -0.39 is 0 Å². The Morgan fingerprint density at radius 3 is 2.38 bits per heavy atom. The maximum atomic E-state index is 4.40. The van der Waals surface area contributed by atoms with E-state index in [-0.39, 0.29) is 0 Å². The molecule has 1 heterocycles. The third-order valence-electron chi connectivity index (χ3n) is 1.23. The second kappa shape index (κ2) is 3.40. The Morgan fingerprint density at radius 1 is 1.25 bits per heavy atom. The molecule has 2 atom stereocenters. The summed E-state index contributed by atoms with van der Waals surface area (Å²) in [7, 11) is 0. The molecule has 1 fully saturated rings. The Bertz CT molecular complexity index is 58.8. The van der Waals surface area contributed by atoms with Gasteiger partial charge in [-0.3, -0.25) is 0 Å². The molecule has 0 aromatic carbocycles. The predicted octanol–water partition coefficient (Wildman–Crippen LogP) is 1.46. The summed E-state index contributed by atoms with van der Waals surface area (Å²) in [6.07, 6.45) is 2.57. The molecule has 1 aliphatic heterocycles. The molecule has 0 bridgehead atoms. The molecular formula is C5H10S2Se. The van der Waals surface area contributed by atoms with Gasteiger partial charge < -0.3 is 0 Å². The molecule has 2 unspecified atom stereocenters. The fourth-order valence-corrected chi connectivity index (χ4v) is 3.83. The topological polar surface area (TPSA) is 0 Å². The van der Waals surface area contributed by atoms with Crippen LogP contribution in [-0.4, -0.2) is 24.4 Å². The second-order valence-corrected chi connectivity index (χ2v) is 6.75. The van der Waals surface area contributed by atoms with Crippen molar-refractivity contribution in [3.63, 3.8) is 0 Å². The first-order chi connectivity index (χ1) is 3.79. The molecule has 0 nitrogen and oxygen atoms in total. The van der Waals surface area contributed by atoms with Crippen molar-refractivity contribution in [2.45, 2.75) is 27.6 Å². The molecule has 0 aliphatic carbocycles. The Hall–Kier alpha value is 1.22. The van der Waals surface area contributed by atoms with Crippen LogP contribution in [0.2, 0.25) is 5.32 Å². The average molecular weight is 213 g/mol. The van der Waals surface area contributed by atoms with E-state index in [0.29, 0.717) is 5.25 Å². The van der Waals surface area contributed by atoms with E-state index in [2.05, 4.69) is 25.3 Å². The zero-order valence-corrected chi connectivity index (χ0v) is 8.08. The Kier molecular flexibility index (Phi) is 3.12. The van der Waals surface area contributed by atoms with Gasteiger partial charge in [-0.2, -0.15) is 0 Å². The predicted molar refractivity (Wildman–Crippen MR) is 45.3 cm³/mol. The van der Waals surface area contributed by atoms with E-state index in [1.807, 2.05) is 0 Å². The first-order valence-corrected chi connectivity index (χ1v) is 6.00. The molecule has 0 spiro atoms. The van der Waals surface area contributed by atoms with Crippen molar-refractivity contribution in [2.24, 2.45) is 0 Å². The zero-order valence-electron chi connectivity index (χ0n) is 4.58. The summed E-state index contributed by atoms with van der Waals surface area (Å²) in [5, 5.41) is 2.02. The van der Waals surface area contributed by atoms with Crippen LogP contribution in [0, 0.1) is 0 Å². The number of thiol groups is 2. The first-order valence-electron chi connectivity index (χ1n) is 2.77. The summed E-state index contributed by atoms with van der Waals surface area (Å²) in [6, 6.07) is 0. The normalized spacial score (nSPS) is 39.8. The maximum absolute atomic E-state index is 4.40. The number of hydrogen-bond acceptors (Lipinski definition) is 2. The van der Waals surface area contributed by atoms with Crippen LogP contribution in [0.15, 0.2) is 0 Å². The van der Waals surface area contributed by atoms with Crippen LogP contribution in [0.4, 0.5) is 0 Å². The van der Waals surface area contributed by atoms with Gasteiger partial charge in [0.25, 0.3) is 0 Å². The fourth-order valence-electron chi connectivity index (χ4n) is 0.724. The van der Waals surface area contributed by atoms with Gasteiger partial charge in [-0.25, -0.2) is 0 Å². The van der Waals surface area contributed by atoms with Gasteiger partial charge in [0.05, 0.1) is 0 Å². The van der Waals surface area contributed by atoms with E-state index in [1.54, 1.807) is 0 Å². The molecule has 3 heteroatoms. The van der Waals surface area contributed by atoms with Crippen molar-refractivity contribution in [3.8, 4) is 0 Å². The minimum atomic E-state index is 0.693. The van der Waals surface area contributed by atoms with Gasteiger partial charge in [0.2, 0.25) is 0 Å². The average Bonchev–Trinajstić information content (AvgIpc) is 1.77. The monoisotopic (exact) mass is 214 g/mol. The van der Waals surface area contributed by atoms with Crippen LogP contribution >= 0.6 is 25.3 Å². The first kappa shape index (κ1) is 7.33. The van der Waals surface area contributed by atoms with Crippen molar-refractivity contribution in [2.75, 3.05) is 0 Å². The molecule has 0 saturated carbocycles. The van der Waals surface area contributed by atoms with E-state index >= 15 is 0 Å². The summed E-state index contributed by atoms with van der Waals surface area (Å²) in [6.45, 7) is 0. The SMILES string of the molecule is SC1CCC(S)[Se]C1. The van der Waals surface area contributed by atoms with Crippen LogP contribution in [0.3, 0.4) is 0 Å². The molecule has 1 aliphatic rings. The number of hydrogen-bond donors (Lipinski definition) is 2. The molecule has 0 aromatic rings. The van der Waals surface area contributed by atoms with E-state index in [9.17, 15) is 0 Å². The molecule has 48 valence electrons. The van der Waals surface area contributed by atoms with Gasteiger partial charge >= 0.3 is 67.8 Å². The molecule has 0 amide bonds. The minimum absolute atomic E-state index is 0.693. The summed E-state index contributed by atoms with van der Waals surface area (Å²) in [5.74, 6) is 0. The molecule has 8 heavy (non-hydrogen) atoms. The van der Waals surface area contributed by atoms with Crippen molar-refractivity contribution in [3.05, 3.63) is 0 Å². The van der Waals surface area contributed by atoms with Crippen molar-refractivity contribution >= 4 is 40.2 Å². The molecule has 1 saturated heterocycles. The molecule has 0 aromatic heterocycles. The van der Waals surface area contributed by atoms with E-state index in [4.69, 9.17) is 0 Å². The van der Waals surface area contributed by atoms with Crippen molar-refractivity contribution in [1.82, 2.24) is 0 Å². The van der Waals surface area contributed by atoms with Crippen LogP contribution in [0.25, 0.3) is 0 Å². The quantitative estimate of drug-likeness (QED) is 0.441. The summed E-state index contributed by atoms with van der Waals surface area (Å²) >= 11 is 9.55. The van der Waals surface area contributed by atoms with E-state index in [1.165, 1.54) is 18.2 Å². The molecule has 0 N–H and O–H groups in total. The van der Waals surface area contributed by atoms with Gasteiger partial charge in [0.1, 0.15) is 0 Å². The Labute approximate surface area is 67.8 Å². The Balaban J connectivity index is 2.19. The molecular weight excluding hydrogens is 203 g/mol. The molecule has 0 radical (unpaired) electrons. The third-order valence-corrected chi connectivity index (χ3v) is 5.81. The summed E-state index contributed by atoms with van der Waals surface area (Å²) in [4.78, 5) is 0. The van der Waals surface area contributed by atoms with Gasteiger partial charge in [0, 0.05) is 0 Å². The van der Waals surface area contributed by atoms with Crippen LogP contribution < -0.4 is 0 Å². The number of rotatable bonds is 0. The molecule has 1 rings (SSSR count). The van der Waals surface area contributed by atoms with Crippen LogP contribution in [0.5, 0.6) is 0 Å². The zero-order chi connectivity index (χ0) is 5.98. The van der Waals surface area contributed by atoms with Gasteiger partial charge in [0.15, 0.2) is 0 Å². The van der Waals surface area contributed by atoms with E-state index in [0.717, 1.165) is 19.1 Å². The van der Waals surface area contributed by atoms with Crippen molar-refractivity contribution in [1.29, 1.82) is 0 Å². The van der Waals surface area contributed by atoms with Crippen molar-refractivity contribution < 1.29 is 0 Å².